The Kier molecular flexibility index (Phi) is 3.64. The van der Waals surface area contributed by atoms with Gasteiger partial charge in [-0.05, 0) is 30.4 Å². The summed E-state index contributed by atoms with van der Waals surface area (Å²) < 4.78 is 0. The summed E-state index contributed by atoms with van der Waals surface area (Å²) in [5.41, 5.74) is 4.38. The second kappa shape index (κ2) is 5.58. The van der Waals surface area contributed by atoms with E-state index in [2.05, 4.69) is 25.1 Å². The SMILES string of the molecule is CCC1CCc2nc(-c3ccccc3)ccc2C1C=O. The second-order valence-corrected chi connectivity index (χ2v) is 5.47. The number of carbonyl (C=O) groups is 1. The molecular formula is C18H19NO. The molecule has 3 rings (SSSR count). The minimum Gasteiger partial charge on any atom is -0.303 e. The smallest absolute Gasteiger partial charge is 0.127 e. The summed E-state index contributed by atoms with van der Waals surface area (Å²) in [6, 6.07) is 14.4. The third kappa shape index (κ3) is 2.26. The van der Waals surface area contributed by atoms with Crippen LogP contribution in [0.25, 0.3) is 11.3 Å². The Morgan fingerprint density at radius 1 is 1.20 bits per heavy atom. The molecule has 1 aliphatic carbocycles. The van der Waals surface area contributed by atoms with E-state index in [1.807, 2.05) is 24.3 Å². The molecule has 0 fully saturated rings. The highest BCUT2D eigenvalue weighted by atomic mass is 16.1. The molecule has 102 valence electrons. The van der Waals surface area contributed by atoms with Crippen molar-refractivity contribution in [3.63, 3.8) is 0 Å². The Balaban J connectivity index is 2.00. The fourth-order valence-electron chi connectivity index (χ4n) is 3.18. The highest BCUT2D eigenvalue weighted by molar-refractivity contribution is 5.66. The maximum absolute atomic E-state index is 11.4. The van der Waals surface area contributed by atoms with Crippen LogP contribution in [0.4, 0.5) is 0 Å². The van der Waals surface area contributed by atoms with Crippen molar-refractivity contribution in [2.75, 3.05) is 0 Å². The zero-order valence-electron chi connectivity index (χ0n) is 11.8. The fraction of sp³-hybridized carbons (Fsp3) is 0.333. The maximum Gasteiger partial charge on any atom is 0.127 e. The highest BCUT2D eigenvalue weighted by Gasteiger charge is 2.29. The average Bonchev–Trinajstić information content (AvgIpc) is 2.54. The number of carbonyl (C=O) groups excluding carboxylic acids is 1. The summed E-state index contributed by atoms with van der Waals surface area (Å²) in [5.74, 6) is 0.505. The summed E-state index contributed by atoms with van der Waals surface area (Å²) in [7, 11) is 0. The molecule has 0 N–H and O–H groups in total. The van der Waals surface area contributed by atoms with Crippen LogP contribution in [0.2, 0.25) is 0 Å². The minimum atomic E-state index is 0.0288. The van der Waals surface area contributed by atoms with Crippen LogP contribution in [0.1, 0.15) is 36.9 Å². The summed E-state index contributed by atoms with van der Waals surface area (Å²) in [6.45, 7) is 2.16. The van der Waals surface area contributed by atoms with E-state index in [4.69, 9.17) is 4.98 Å². The van der Waals surface area contributed by atoms with Crippen LogP contribution in [0.15, 0.2) is 42.5 Å². The first-order valence-electron chi connectivity index (χ1n) is 7.34. The average molecular weight is 265 g/mol. The number of pyridine rings is 1. The molecule has 0 radical (unpaired) electrons. The number of rotatable bonds is 3. The Hall–Kier alpha value is -1.96. The number of hydrogen-bond donors (Lipinski definition) is 0. The predicted molar refractivity (Wildman–Crippen MR) is 80.6 cm³/mol. The molecule has 1 aromatic heterocycles. The van der Waals surface area contributed by atoms with Crippen LogP contribution in [0, 0.1) is 5.92 Å². The Morgan fingerprint density at radius 3 is 2.70 bits per heavy atom. The van der Waals surface area contributed by atoms with Crippen molar-refractivity contribution in [3.05, 3.63) is 53.7 Å². The minimum absolute atomic E-state index is 0.0288. The Morgan fingerprint density at radius 2 is 2.00 bits per heavy atom. The van der Waals surface area contributed by atoms with Crippen LogP contribution in [0.5, 0.6) is 0 Å². The first-order chi connectivity index (χ1) is 9.83. The van der Waals surface area contributed by atoms with Gasteiger partial charge in [0.1, 0.15) is 6.29 Å². The monoisotopic (exact) mass is 265 g/mol. The van der Waals surface area contributed by atoms with Crippen LogP contribution in [-0.2, 0) is 11.2 Å². The first-order valence-corrected chi connectivity index (χ1v) is 7.34. The molecule has 0 spiro atoms. The molecule has 1 aromatic carbocycles. The van der Waals surface area contributed by atoms with Gasteiger partial charge in [0.15, 0.2) is 0 Å². The fourth-order valence-corrected chi connectivity index (χ4v) is 3.18. The van der Waals surface area contributed by atoms with E-state index < -0.39 is 0 Å². The number of fused-ring (bicyclic) bond motifs is 1. The molecule has 1 aliphatic rings. The third-order valence-electron chi connectivity index (χ3n) is 4.37. The van der Waals surface area contributed by atoms with E-state index in [0.717, 1.165) is 48.1 Å². The summed E-state index contributed by atoms with van der Waals surface area (Å²) in [6.07, 6.45) is 4.22. The van der Waals surface area contributed by atoms with Crippen molar-refractivity contribution in [2.24, 2.45) is 5.92 Å². The van der Waals surface area contributed by atoms with E-state index in [9.17, 15) is 4.79 Å². The van der Waals surface area contributed by atoms with E-state index in [1.54, 1.807) is 0 Å². The largest absolute Gasteiger partial charge is 0.303 e. The van der Waals surface area contributed by atoms with Gasteiger partial charge in [-0.3, -0.25) is 4.98 Å². The van der Waals surface area contributed by atoms with Gasteiger partial charge in [-0.1, -0.05) is 49.7 Å². The molecule has 2 atom stereocenters. The molecule has 0 amide bonds. The number of hydrogen-bond acceptors (Lipinski definition) is 2. The summed E-state index contributed by atoms with van der Waals surface area (Å²) in [4.78, 5) is 16.2. The normalized spacial score (nSPS) is 21.2. The number of aromatic nitrogens is 1. The standard InChI is InChI=1S/C18H19NO/c1-2-13-8-10-18-15(16(13)12-20)9-11-17(19-18)14-6-4-3-5-7-14/h3-7,9,11-13,16H,2,8,10H2,1H3. The van der Waals surface area contributed by atoms with Gasteiger partial charge in [0.05, 0.1) is 5.69 Å². The van der Waals surface area contributed by atoms with Gasteiger partial charge < -0.3 is 4.79 Å². The zero-order valence-corrected chi connectivity index (χ0v) is 11.8. The molecule has 0 bridgehead atoms. The van der Waals surface area contributed by atoms with Crippen LogP contribution >= 0.6 is 0 Å². The van der Waals surface area contributed by atoms with Gasteiger partial charge in [-0.15, -0.1) is 0 Å². The first kappa shape index (κ1) is 13.0. The van der Waals surface area contributed by atoms with Gasteiger partial charge in [0.2, 0.25) is 0 Å². The van der Waals surface area contributed by atoms with E-state index in [-0.39, 0.29) is 5.92 Å². The van der Waals surface area contributed by atoms with Crippen LogP contribution in [-0.4, -0.2) is 11.3 Å². The number of aryl methyl sites for hydroxylation is 1. The molecule has 0 saturated heterocycles. The molecule has 2 unspecified atom stereocenters. The van der Waals surface area contributed by atoms with Crippen LogP contribution in [0.3, 0.4) is 0 Å². The lowest BCUT2D eigenvalue weighted by atomic mass is 9.76. The predicted octanol–water partition coefficient (Wildman–Crippen LogP) is 4.00. The lowest BCUT2D eigenvalue weighted by Gasteiger charge is -2.29. The van der Waals surface area contributed by atoms with Crippen molar-refractivity contribution in [1.82, 2.24) is 4.98 Å². The topological polar surface area (TPSA) is 30.0 Å². The van der Waals surface area contributed by atoms with Crippen LogP contribution < -0.4 is 0 Å². The molecular weight excluding hydrogens is 246 g/mol. The van der Waals surface area contributed by atoms with Crippen molar-refractivity contribution in [2.45, 2.75) is 32.1 Å². The Labute approximate surface area is 119 Å². The quantitative estimate of drug-likeness (QED) is 0.785. The van der Waals surface area contributed by atoms with Gasteiger partial charge in [0, 0.05) is 17.2 Å². The lowest BCUT2D eigenvalue weighted by molar-refractivity contribution is -0.110. The molecule has 0 aliphatic heterocycles. The lowest BCUT2D eigenvalue weighted by Crippen LogP contribution is -2.22. The van der Waals surface area contributed by atoms with Gasteiger partial charge in [0.25, 0.3) is 0 Å². The van der Waals surface area contributed by atoms with E-state index in [0.29, 0.717) is 5.92 Å². The van der Waals surface area contributed by atoms with Crippen molar-refractivity contribution in [3.8, 4) is 11.3 Å². The number of benzene rings is 1. The molecule has 2 aromatic rings. The number of nitrogens with zero attached hydrogens (tertiary/aromatic N) is 1. The number of aldehydes is 1. The molecule has 20 heavy (non-hydrogen) atoms. The highest BCUT2D eigenvalue weighted by Crippen LogP contribution is 2.36. The van der Waals surface area contributed by atoms with Crippen molar-refractivity contribution < 1.29 is 4.79 Å². The molecule has 1 heterocycles. The third-order valence-corrected chi connectivity index (χ3v) is 4.37. The van der Waals surface area contributed by atoms with Crippen molar-refractivity contribution in [1.29, 1.82) is 0 Å². The maximum atomic E-state index is 11.4. The summed E-state index contributed by atoms with van der Waals surface area (Å²) >= 11 is 0. The van der Waals surface area contributed by atoms with Gasteiger partial charge in [-0.2, -0.15) is 0 Å². The van der Waals surface area contributed by atoms with E-state index >= 15 is 0 Å². The molecule has 0 saturated carbocycles. The Bertz CT molecular complexity index is 606. The van der Waals surface area contributed by atoms with Gasteiger partial charge >= 0.3 is 0 Å². The van der Waals surface area contributed by atoms with Gasteiger partial charge in [-0.25, -0.2) is 0 Å². The molecule has 2 nitrogen and oxygen atoms in total. The van der Waals surface area contributed by atoms with Crippen molar-refractivity contribution >= 4 is 6.29 Å². The van der Waals surface area contributed by atoms with E-state index in [1.165, 1.54) is 0 Å². The molecule has 2 heteroatoms. The summed E-state index contributed by atoms with van der Waals surface area (Å²) in [5, 5.41) is 0. The second-order valence-electron chi connectivity index (χ2n) is 5.47. The zero-order chi connectivity index (χ0) is 13.9.